The van der Waals surface area contributed by atoms with Gasteiger partial charge >= 0.3 is 5.97 Å². The van der Waals surface area contributed by atoms with E-state index in [4.69, 9.17) is 4.74 Å². The fraction of sp³-hybridized carbons (Fsp3) is 0.526. The van der Waals surface area contributed by atoms with Crippen molar-refractivity contribution in [2.24, 2.45) is 5.92 Å². The number of likely N-dealkylation sites (tertiary alicyclic amines) is 1. The summed E-state index contributed by atoms with van der Waals surface area (Å²) in [6.45, 7) is 3.48. The Morgan fingerprint density at radius 3 is 2.68 bits per heavy atom. The van der Waals surface area contributed by atoms with E-state index in [1.165, 1.54) is 0 Å². The van der Waals surface area contributed by atoms with Gasteiger partial charge in [-0.05, 0) is 25.3 Å². The van der Waals surface area contributed by atoms with Crippen LogP contribution in [0.15, 0.2) is 30.3 Å². The molecule has 0 spiro atoms. The molecule has 1 saturated heterocycles. The van der Waals surface area contributed by atoms with Crippen LogP contribution in [0.25, 0.3) is 0 Å². The van der Waals surface area contributed by atoms with Crippen LogP contribution in [-0.4, -0.2) is 48.9 Å². The number of benzene rings is 1. The van der Waals surface area contributed by atoms with Crippen molar-refractivity contribution >= 4 is 17.8 Å². The lowest BCUT2D eigenvalue weighted by Crippen LogP contribution is -2.37. The molecule has 0 aliphatic carbocycles. The highest BCUT2D eigenvalue weighted by Crippen LogP contribution is 2.11. The first-order valence-corrected chi connectivity index (χ1v) is 8.85. The number of hydrogen-bond donors (Lipinski definition) is 1. The van der Waals surface area contributed by atoms with E-state index in [1.54, 1.807) is 11.8 Å². The van der Waals surface area contributed by atoms with Crippen molar-refractivity contribution in [2.75, 3.05) is 26.2 Å². The molecular weight excluding hydrogens is 320 g/mol. The van der Waals surface area contributed by atoms with Gasteiger partial charge in [0.25, 0.3) is 0 Å². The number of nitrogens with zero attached hydrogens (tertiary/aromatic N) is 1. The fourth-order valence-electron chi connectivity index (χ4n) is 2.90. The van der Waals surface area contributed by atoms with Crippen LogP contribution in [0, 0.1) is 5.92 Å². The summed E-state index contributed by atoms with van der Waals surface area (Å²) in [4.78, 5) is 37.5. The molecule has 136 valence electrons. The Labute approximate surface area is 148 Å². The van der Waals surface area contributed by atoms with Crippen LogP contribution in [0.4, 0.5) is 0 Å². The first-order valence-electron chi connectivity index (χ1n) is 8.85. The van der Waals surface area contributed by atoms with Crippen molar-refractivity contribution in [3.05, 3.63) is 35.9 Å². The molecule has 1 N–H and O–H groups in total. The number of carbonyl (C=O) groups excluding carboxylic acids is 3. The lowest BCUT2D eigenvalue weighted by atomic mass is 9.99. The van der Waals surface area contributed by atoms with E-state index in [2.05, 4.69) is 5.32 Å². The molecule has 0 radical (unpaired) electrons. The molecule has 1 aliphatic rings. The Hall–Kier alpha value is -2.37. The van der Waals surface area contributed by atoms with E-state index < -0.39 is 5.92 Å². The fourth-order valence-corrected chi connectivity index (χ4v) is 2.90. The van der Waals surface area contributed by atoms with Crippen LogP contribution in [-0.2, 0) is 25.5 Å². The van der Waals surface area contributed by atoms with Gasteiger partial charge < -0.3 is 15.0 Å². The van der Waals surface area contributed by atoms with Crippen LogP contribution in [0.5, 0.6) is 0 Å². The summed E-state index contributed by atoms with van der Waals surface area (Å²) >= 11 is 0. The van der Waals surface area contributed by atoms with Crippen LogP contribution < -0.4 is 5.32 Å². The van der Waals surface area contributed by atoms with Gasteiger partial charge in [0.2, 0.25) is 11.8 Å². The first kappa shape index (κ1) is 19.0. The Morgan fingerprint density at radius 1 is 1.28 bits per heavy atom. The van der Waals surface area contributed by atoms with Gasteiger partial charge in [-0.25, -0.2) is 0 Å². The van der Waals surface area contributed by atoms with E-state index in [0.717, 1.165) is 18.5 Å². The topological polar surface area (TPSA) is 75.7 Å². The second-order valence-electron chi connectivity index (χ2n) is 6.18. The van der Waals surface area contributed by atoms with E-state index >= 15 is 0 Å². The highest BCUT2D eigenvalue weighted by molar-refractivity contribution is 5.80. The average molecular weight is 346 g/mol. The summed E-state index contributed by atoms with van der Waals surface area (Å²) < 4.78 is 5.12. The molecule has 2 rings (SSSR count). The Bertz CT molecular complexity index is 588. The Kier molecular flexibility index (Phi) is 7.44. The third kappa shape index (κ3) is 6.21. The maximum absolute atomic E-state index is 12.1. The number of hydrogen-bond acceptors (Lipinski definition) is 4. The van der Waals surface area contributed by atoms with Gasteiger partial charge in [-0.3, -0.25) is 14.4 Å². The predicted octanol–water partition coefficient (Wildman–Crippen LogP) is 1.54. The molecule has 0 saturated carbocycles. The molecule has 1 unspecified atom stereocenters. The SMILES string of the molecule is CCOC(=O)C(CNC(=O)CCN1CCCC1=O)Cc1ccccc1. The van der Waals surface area contributed by atoms with Crippen LogP contribution in [0.2, 0.25) is 0 Å². The molecule has 6 heteroatoms. The van der Waals surface area contributed by atoms with Gasteiger partial charge in [0, 0.05) is 32.5 Å². The minimum Gasteiger partial charge on any atom is -0.466 e. The number of rotatable bonds is 9. The molecular formula is C19H26N2O4. The first-order chi connectivity index (χ1) is 12.1. The quantitative estimate of drug-likeness (QED) is 0.688. The predicted molar refractivity (Wildman–Crippen MR) is 93.7 cm³/mol. The zero-order chi connectivity index (χ0) is 18.1. The van der Waals surface area contributed by atoms with Crippen molar-refractivity contribution in [3.8, 4) is 0 Å². The number of esters is 1. The van der Waals surface area contributed by atoms with E-state index in [-0.39, 0.29) is 30.7 Å². The van der Waals surface area contributed by atoms with Crippen molar-refractivity contribution in [3.63, 3.8) is 0 Å². The van der Waals surface area contributed by atoms with Crippen LogP contribution in [0.1, 0.15) is 31.7 Å². The van der Waals surface area contributed by atoms with Crippen molar-refractivity contribution in [1.29, 1.82) is 0 Å². The second-order valence-corrected chi connectivity index (χ2v) is 6.18. The third-order valence-corrected chi connectivity index (χ3v) is 4.27. The number of nitrogens with one attached hydrogen (secondary N) is 1. The van der Waals surface area contributed by atoms with Crippen molar-refractivity contribution < 1.29 is 19.1 Å². The molecule has 0 aromatic heterocycles. The summed E-state index contributed by atoms with van der Waals surface area (Å²) in [6.07, 6.45) is 2.21. The highest BCUT2D eigenvalue weighted by atomic mass is 16.5. The standard InChI is InChI=1S/C19H26N2O4/c1-2-25-19(24)16(13-15-7-4-3-5-8-15)14-20-17(22)10-12-21-11-6-9-18(21)23/h3-5,7-8,16H,2,6,9-14H2,1H3,(H,20,22). The van der Waals surface area contributed by atoms with Gasteiger partial charge in [0.1, 0.15) is 0 Å². The summed E-state index contributed by atoms with van der Waals surface area (Å²) in [6, 6.07) is 9.66. The minimum absolute atomic E-state index is 0.112. The molecule has 1 aliphatic heterocycles. The molecule has 1 aromatic carbocycles. The largest absolute Gasteiger partial charge is 0.466 e. The molecule has 1 atom stereocenters. The maximum Gasteiger partial charge on any atom is 0.311 e. The molecule has 1 heterocycles. The number of ether oxygens (including phenoxy) is 1. The number of amides is 2. The summed E-state index contributed by atoms with van der Waals surface area (Å²) in [5, 5.41) is 2.80. The highest BCUT2D eigenvalue weighted by Gasteiger charge is 2.23. The molecule has 1 fully saturated rings. The molecule has 25 heavy (non-hydrogen) atoms. The zero-order valence-corrected chi connectivity index (χ0v) is 14.7. The van der Waals surface area contributed by atoms with E-state index in [0.29, 0.717) is 26.0 Å². The normalized spacial score (nSPS) is 15.1. The minimum atomic E-state index is -0.417. The average Bonchev–Trinajstić information content (AvgIpc) is 3.02. The van der Waals surface area contributed by atoms with Crippen molar-refractivity contribution in [1.82, 2.24) is 10.2 Å². The smallest absolute Gasteiger partial charge is 0.311 e. The van der Waals surface area contributed by atoms with Gasteiger partial charge in [-0.1, -0.05) is 30.3 Å². The maximum atomic E-state index is 12.1. The lowest BCUT2D eigenvalue weighted by molar-refractivity contribution is -0.147. The molecule has 2 amide bonds. The molecule has 6 nitrogen and oxygen atoms in total. The van der Waals surface area contributed by atoms with E-state index in [9.17, 15) is 14.4 Å². The van der Waals surface area contributed by atoms with Crippen LogP contribution in [0.3, 0.4) is 0 Å². The van der Waals surface area contributed by atoms with Gasteiger partial charge in [0.15, 0.2) is 0 Å². The van der Waals surface area contributed by atoms with Gasteiger partial charge in [-0.15, -0.1) is 0 Å². The van der Waals surface area contributed by atoms with Gasteiger partial charge in [-0.2, -0.15) is 0 Å². The second kappa shape index (κ2) is 9.81. The van der Waals surface area contributed by atoms with Crippen molar-refractivity contribution in [2.45, 2.75) is 32.6 Å². The monoisotopic (exact) mass is 346 g/mol. The summed E-state index contributed by atoms with van der Waals surface area (Å²) in [7, 11) is 0. The summed E-state index contributed by atoms with van der Waals surface area (Å²) in [5.41, 5.74) is 1.03. The Balaban J connectivity index is 1.82. The number of carbonyl (C=O) groups is 3. The summed E-state index contributed by atoms with van der Waals surface area (Å²) in [5.74, 6) is -0.760. The zero-order valence-electron chi connectivity index (χ0n) is 14.7. The molecule has 1 aromatic rings. The molecule has 0 bridgehead atoms. The van der Waals surface area contributed by atoms with Crippen LogP contribution >= 0.6 is 0 Å². The lowest BCUT2D eigenvalue weighted by Gasteiger charge is -2.18. The Morgan fingerprint density at radius 2 is 2.04 bits per heavy atom. The van der Waals surface area contributed by atoms with Gasteiger partial charge in [0.05, 0.1) is 12.5 Å². The van der Waals surface area contributed by atoms with E-state index in [1.807, 2.05) is 30.3 Å². The third-order valence-electron chi connectivity index (χ3n) is 4.27.